The summed E-state index contributed by atoms with van der Waals surface area (Å²) in [5, 5.41) is 5.77. The molecule has 148 valence electrons. The molecule has 1 spiro atoms. The van der Waals surface area contributed by atoms with Crippen molar-refractivity contribution in [3.05, 3.63) is 24.3 Å². The monoisotopic (exact) mass is 375 g/mol. The fraction of sp³-hybridized carbons (Fsp3) is 0.600. The number of ether oxygens (including phenoxy) is 2. The second-order valence-electron chi connectivity index (χ2n) is 7.27. The number of likely N-dealkylation sites (tertiary alicyclic amines) is 1. The Labute approximate surface area is 160 Å². The first-order chi connectivity index (χ1) is 13.0. The molecule has 0 bridgehead atoms. The van der Waals surface area contributed by atoms with Crippen LogP contribution in [-0.2, 0) is 9.53 Å². The summed E-state index contributed by atoms with van der Waals surface area (Å²) in [6, 6.07) is 7.32. The van der Waals surface area contributed by atoms with Crippen molar-refractivity contribution in [3.63, 3.8) is 0 Å². The number of nitrogens with zero attached hydrogens (tertiary/aromatic N) is 1. The van der Waals surface area contributed by atoms with Gasteiger partial charge in [0.15, 0.2) is 0 Å². The van der Waals surface area contributed by atoms with Gasteiger partial charge in [-0.2, -0.15) is 0 Å². The minimum atomic E-state index is -0.140. The van der Waals surface area contributed by atoms with Gasteiger partial charge in [-0.25, -0.2) is 4.79 Å². The Morgan fingerprint density at radius 2 is 1.93 bits per heavy atom. The molecule has 1 aromatic carbocycles. The molecular formula is C20H29N3O4. The van der Waals surface area contributed by atoms with Crippen LogP contribution in [0.4, 0.5) is 10.5 Å². The van der Waals surface area contributed by atoms with Crippen LogP contribution in [-0.4, -0.2) is 54.8 Å². The lowest BCUT2D eigenvalue weighted by Gasteiger charge is -2.39. The van der Waals surface area contributed by atoms with Gasteiger partial charge in [0.05, 0.1) is 18.3 Å². The van der Waals surface area contributed by atoms with Crippen molar-refractivity contribution in [2.45, 2.75) is 51.2 Å². The number of hydrogen-bond donors (Lipinski definition) is 2. The van der Waals surface area contributed by atoms with E-state index in [9.17, 15) is 9.59 Å². The molecule has 1 atom stereocenters. The van der Waals surface area contributed by atoms with Crippen molar-refractivity contribution in [1.82, 2.24) is 10.2 Å². The van der Waals surface area contributed by atoms with Crippen LogP contribution in [0.15, 0.2) is 24.3 Å². The molecular weight excluding hydrogens is 346 g/mol. The first kappa shape index (κ1) is 19.5. The third-order valence-electron chi connectivity index (χ3n) is 5.30. The highest BCUT2D eigenvalue weighted by atomic mass is 16.5. The molecule has 0 aromatic heterocycles. The van der Waals surface area contributed by atoms with E-state index in [0.717, 1.165) is 37.1 Å². The molecule has 2 aliphatic heterocycles. The average molecular weight is 375 g/mol. The molecule has 2 fully saturated rings. The van der Waals surface area contributed by atoms with E-state index in [4.69, 9.17) is 9.47 Å². The SMILES string of the molecule is CCOc1ccc(NC(=O)N2CCC3(CC[C@@H](CNC(C)=O)O3)CC2)cc1. The molecule has 0 radical (unpaired) electrons. The first-order valence-corrected chi connectivity index (χ1v) is 9.71. The van der Waals surface area contributed by atoms with E-state index in [1.165, 1.54) is 6.92 Å². The van der Waals surface area contributed by atoms with Crippen LogP contribution in [0, 0.1) is 0 Å². The van der Waals surface area contributed by atoms with Crippen molar-refractivity contribution in [3.8, 4) is 5.75 Å². The smallest absolute Gasteiger partial charge is 0.321 e. The minimum absolute atomic E-state index is 0.0275. The summed E-state index contributed by atoms with van der Waals surface area (Å²) in [6.07, 6.45) is 3.70. The fourth-order valence-corrected chi connectivity index (χ4v) is 3.79. The maximum Gasteiger partial charge on any atom is 0.321 e. The quantitative estimate of drug-likeness (QED) is 0.829. The van der Waals surface area contributed by atoms with Gasteiger partial charge in [-0.3, -0.25) is 4.79 Å². The Kier molecular flexibility index (Phi) is 6.21. The van der Waals surface area contributed by atoms with Crippen LogP contribution in [0.5, 0.6) is 5.75 Å². The zero-order chi connectivity index (χ0) is 19.3. The number of urea groups is 1. The zero-order valence-corrected chi connectivity index (χ0v) is 16.1. The standard InChI is InChI=1S/C20H29N3O4/c1-3-26-17-6-4-16(5-7-17)22-19(25)23-12-10-20(11-13-23)9-8-18(27-20)14-21-15(2)24/h4-7,18H,3,8-14H2,1-2H3,(H,21,24)(H,22,25)/t18-/m0/s1. The summed E-state index contributed by atoms with van der Waals surface area (Å²) >= 11 is 0. The predicted molar refractivity (Wildman–Crippen MR) is 103 cm³/mol. The van der Waals surface area contributed by atoms with Gasteiger partial charge in [0.25, 0.3) is 0 Å². The summed E-state index contributed by atoms with van der Waals surface area (Å²) in [6.45, 7) is 6.00. The van der Waals surface area contributed by atoms with Gasteiger partial charge in [0.1, 0.15) is 5.75 Å². The third-order valence-corrected chi connectivity index (χ3v) is 5.30. The summed E-state index contributed by atoms with van der Waals surface area (Å²) in [5.74, 6) is 0.767. The molecule has 2 N–H and O–H groups in total. The Bertz CT molecular complexity index is 654. The van der Waals surface area contributed by atoms with Gasteiger partial charge < -0.3 is 25.0 Å². The Balaban J connectivity index is 1.46. The lowest BCUT2D eigenvalue weighted by Crippen LogP contribution is -2.48. The average Bonchev–Trinajstić information content (AvgIpc) is 3.05. The molecule has 3 rings (SSSR count). The van der Waals surface area contributed by atoms with Crippen molar-refractivity contribution >= 4 is 17.6 Å². The normalized spacial score (nSPS) is 21.1. The highest BCUT2D eigenvalue weighted by molar-refractivity contribution is 5.89. The Morgan fingerprint density at radius 1 is 1.22 bits per heavy atom. The highest BCUT2D eigenvalue weighted by Crippen LogP contribution is 2.38. The number of benzene rings is 1. The molecule has 1 aromatic rings. The van der Waals surface area contributed by atoms with Gasteiger partial charge in [-0.15, -0.1) is 0 Å². The lowest BCUT2D eigenvalue weighted by molar-refractivity contribution is -0.120. The fourth-order valence-electron chi connectivity index (χ4n) is 3.79. The summed E-state index contributed by atoms with van der Waals surface area (Å²) in [4.78, 5) is 25.4. The minimum Gasteiger partial charge on any atom is -0.494 e. The summed E-state index contributed by atoms with van der Waals surface area (Å²) in [7, 11) is 0. The second-order valence-corrected chi connectivity index (χ2v) is 7.27. The van der Waals surface area contributed by atoms with Gasteiger partial charge in [-0.1, -0.05) is 0 Å². The molecule has 2 saturated heterocycles. The second kappa shape index (κ2) is 8.61. The van der Waals surface area contributed by atoms with Crippen molar-refractivity contribution in [2.24, 2.45) is 0 Å². The molecule has 2 aliphatic rings. The van der Waals surface area contributed by atoms with Crippen molar-refractivity contribution in [2.75, 3.05) is 31.6 Å². The highest BCUT2D eigenvalue weighted by Gasteiger charge is 2.43. The number of nitrogens with one attached hydrogen (secondary N) is 2. The van der Waals surface area contributed by atoms with Gasteiger partial charge in [0, 0.05) is 32.2 Å². The molecule has 7 nitrogen and oxygen atoms in total. The number of amides is 3. The van der Waals surface area contributed by atoms with Crippen LogP contribution in [0.25, 0.3) is 0 Å². The number of anilines is 1. The Morgan fingerprint density at radius 3 is 2.56 bits per heavy atom. The number of carbonyl (C=O) groups is 2. The van der Waals surface area contributed by atoms with E-state index in [2.05, 4.69) is 10.6 Å². The number of piperidine rings is 1. The Hall–Kier alpha value is -2.28. The van der Waals surface area contributed by atoms with E-state index in [1.54, 1.807) is 0 Å². The number of hydrogen-bond acceptors (Lipinski definition) is 4. The van der Waals surface area contributed by atoms with Crippen LogP contribution in [0.1, 0.15) is 39.5 Å². The molecule has 0 unspecified atom stereocenters. The maximum atomic E-state index is 12.5. The van der Waals surface area contributed by atoms with E-state index < -0.39 is 0 Å². The van der Waals surface area contributed by atoms with E-state index >= 15 is 0 Å². The van der Waals surface area contributed by atoms with Gasteiger partial charge in [-0.05, 0) is 56.9 Å². The molecule has 27 heavy (non-hydrogen) atoms. The molecule has 3 amide bonds. The number of carbonyl (C=O) groups excluding carboxylic acids is 2. The topological polar surface area (TPSA) is 79.9 Å². The zero-order valence-electron chi connectivity index (χ0n) is 16.1. The molecule has 7 heteroatoms. The lowest BCUT2D eigenvalue weighted by atomic mass is 9.88. The summed E-state index contributed by atoms with van der Waals surface area (Å²) < 4.78 is 11.7. The van der Waals surface area contributed by atoms with E-state index in [-0.39, 0.29) is 23.6 Å². The van der Waals surface area contributed by atoms with Gasteiger partial charge in [0.2, 0.25) is 5.91 Å². The van der Waals surface area contributed by atoms with Crippen LogP contribution >= 0.6 is 0 Å². The molecule has 0 saturated carbocycles. The largest absolute Gasteiger partial charge is 0.494 e. The molecule has 2 heterocycles. The van der Waals surface area contributed by atoms with E-state index in [1.807, 2.05) is 36.1 Å². The van der Waals surface area contributed by atoms with Gasteiger partial charge >= 0.3 is 6.03 Å². The first-order valence-electron chi connectivity index (χ1n) is 9.71. The van der Waals surface area contributed by atoms with Crippen LogP contribution in [0.3, 0.4) is 0 Å². The third kappa shape index (κ3) is 5.13. The van der Waals surface area contributed by atoms with Crippen molar-refractivity contribution < 1.29 is 19.1 Å². The number of rotatable bonds is 5. The predicted octanol–water partition coefficient (Wildman–Crippen LogP) is 2.77. The van der Waals surface area contributed by atoms with Crippen molar-refractivity contribution in [1.29, 1.82) is 0 Å². The van der Waals surface area contributed by atoms with E-state index in [0.29, 0.717) is 26.2 Å². The van der Waals surface area contributed by atoms with Crippen LogP contribution in [0.2, 0.25) is 0 Å². The molecule has 0 aliphatic carbocycles. The summed E-state index contributed by atoms with van der Waals surface area (Å²) in [5.41, 5.74) is 0.621. The maximum absolute atomic E-state index is 12.5. The van der Waals surface area contributed by atoms with Crippen LogP contribution < -0.4 is 15.4 Å².